The summed E-state index contributed by atoms with van der Waals surface area (Å²) in [6, 6.07) is 3.52. The maximum Gasteiger partial charge on any atom is 0.416 e. The highest BCUT2D eigenvalue weighted by atomic mass is 19.4. The highest BCUT2D eigenvalue weighted by molar-refractivity contribution is 6.06. The van der Waals surface area contributed by atoms with E-state index in [1.165, 1.54) is 23.1 Å². The van der Waals surface area contributed by atoms with Gasteiger partial charge in [-0.25, -0.2) is 4.79 Å². The largest absolute Gasteiger partial charge is 0.416 e. The molecule has 1 atom stereocenters. The molecule has 1 heterocycles. The van der Waals surface area contributed by atoms with Gasteiger partial charge in [-0.3, -0.25) is 10.7 Å². The molecule has 0 bridgehead atoms. The van der Waals surface area contributed by atoms with Gasteiger partial charge in [0.1, 0.15) is 11.9 Å². The SMILES string of the molecule is CC(C)CN1C(=O)NC(=N)C1c1ccccc1C(F)(F)F. The van der Waals surface area contributed by atoms with Crippen LogP contribution in [0.3, 0.4) is 0 Å². The molecule has 1 unspecified atom stereocenters. The van der Waals surface area contributed by atoms with Crippen molar-refractivity contribution in [1.29, 1.82) is 5.41 Å². The molecule has 4 nitrogen and oxygen atoms in total. The number of rotatable bonds is 3. The van der Waals surface area contributed by atoms with Gasteiger partial charge in [0.25, 0.3) is 0 Å². The molecular weight excluding hydrogens is 283 g/mol. The lowest BCUT2D eigenvalue weighted by molar-refractivity contribution is -0.138. The van der Waals surface area contributed by atoms with Crippen LogP contribution in [0.5, 0.6) is 0 Å². The van der Waals surface area contributed by atoms with Crippen molar-refractivity contribution in [2.75, 3.05) is 6.54 Å². The predicted molar refractivity (Wildman–Crippen MR) is 72.0 cm³/mol. The van der Waals surface area contributed by atoms with Crippen LogP contribution >= 0.6 is 0 Å². The summed E-state index contributed by atoms with van der Waals surface area (Å²) < 4.78 is 39.4. The molecule has 0 spiro atoms. The van der Waals surface area contributed by atoms with Crippen molar-refractivity contribution >= 4 is 11.9 Å². The number of carbonyl (C=O) groups excluding carboxylic acids is 1. The first kappa shape index (κ1) is 15.3. The summed E-state index contributed by atoms with van der Waals surface area (Å²) >= 11 is 0. The minimum absolute atomic E-state index is 0.0750. The number of hydrogen-bond donors (Lipinski definition) is 2. The Morgan fingerprint density at radius 1 is 1.33 bits per heavy atom. The maximum atomic E-state index is 13.1. The van der Waals surface area contributed by atoms with E-state index in [4.69, 9.17) is 5.41 Å². The van der Waals surface area contributed by atoms with Crippen LogP contribution < -0.4 is 5.32 Å². The zero-order chi connectivity index (χ0) is 15.8. The quantitative estimate of drug-likeness (QED) is 0.883. The molecule has 1 saturated heterocycles. The van der Waals surface area contributed by atoms with Gasteiger partial charge in [0.15, 0.2) is 0 Å². The standard InChI is InChI=1S/C14H16F3N3O/c1-8(2)7-20-11(12(18)19-13(20)21)9-5-3-4-6-10(9)14(15,16)17/h3-6,8,11H,7H2,1-2H3,(H2,18,19,21). The minimum atomic E-state index is -4.52. The molecule has 1 aliphatic rings. The summed E-state index contributed by atoms with van der Waals surface area (Å²) in [5.41, 5.74) is -0.890. The molecule has 0 aliphatic carbocycles. The third-order valence-corrected chi connectivity index (χ3v) is 3.21. The van der Waals surface area contributed by atoms with Crippen LogP contribution in [0.2, 0.25) is 0 Å². The molecular formula is C14H16F3N3O. The first-order valence-corrected chi connectivity index (χ1v) is 6.54. The van der Waals surface area contributed by atoms with Crippen molar-refractivity contribution in [3.63, 3.8) is 0 Å². The molecule has 1 aromatic carbocycles. The zero-order valence-corrected chi connectivity index (χ0v) is 11.7. The fourth-order valence-corrected chi connectivity index (χ4v) is 2.43. The Balaban J connectivity index is 2.48. The summed E-state index contributed by atoms with van der Waals surface area (Å²) in [5, 5.41) is 10.1. The van der Waals surface area contributed by atoms with Crippen LogP contribution in [-0.4, -0.2) is 23.3 Å². The fourth-order valence-electron chi connectivity index (χ4n) is 2.43. The predicted octanol–water partition coefficient (Wildman–Crippen LogP) is 3.40. The Hall–Kier alpha value is -2.05. The van der Waals surface area contributed by atoms with Gasteiger partial charge in [-0.05, 0) is 17.5 Å². The molecule has 0 aromatic heterocycles. The van der Waals surface area contributed by atoms with E-state index in [0.717, 1.165) is 6.07 Å². The Morgan fingerprint density at radius 2 is 1.95 bits per heavy atom. The van der Waals surface area contributed by atoms with E-state index < -0.39 is 23.8 Å². The van der Waals surface area contributed by atoms with Crippen molar-refractivity contribution in [1.82, 2.24) is 10.2 Å². The maximum absolute atomic E-state index is 13.1. The van der Waals surface area contributed by atoms with E-state index in [2.05, 4.69) is 5.32 Å². The number of benzene rings is 1. The second kappa shape index (κ2) is 5.38. The molecule has 2 amide bonds. The molecule has 1 aromatic rings. The summed E-state index contributed by atoms with van der Waals surface area (Å²) in [7, 11) is 0. The van der Waals surface area contributed by atoms with Crippen molar-refractivity contribution < 1.29 is 18.0 Å². The molecule has 21 heavy (non-hydrogen) atoms. The van der Waals surface area contributed by atoms with E-state index >= 15 is 0 Å². The molecule has 7 heteroatoms. The van der Waals surface area contributed by atoms with E-state index in [1.54, 1.807) is 0 Å². The molecule has 0 saturated carbocycles. The van der Waals surface area contributed by atoms with E-state index in [9.17, 15) is 18.0 Å². The summed E-state index contributed by atoms with van der Waals surface area (Å²) in [6.45, 7) is 4.01. The number of carbonyl (C=O) groups is 1. The van der Waals surface area contributed by atoms with Gasteiger partial charge in [-0.1, -0.05) is 32.0 Å². The first-order valence-electron chi connectivity index (χ1n) is 6.54. The van der Waals surface area contributed by atoms with Crippen molar-refractivity contribution in [3.05, 3.63) is 35.4 Å². The van der Waals surface area contributed by atoms with Crippen LogP contribution in [0.15, 0.2) is 24.3 Å². The number of urea groups is 1. The lowest BCUT2D eigenvalue weighted by Gasteiger charge is -2.26. The third kappa shape index (κ3) is 3.01. The molecule has 2 rings (SSSR count). The molecule has 1 aliphatic heterocycles. The second-order valence-corrected chi connectivity index (χ2v) is 5.38. The molecule has 2 N–H and O–H groups in total. The number of nitrogens with one attached hydrogen (secondary N) is 2. The van der Waals surface area contributed by atoms with Gasteiger partial charge in [0.2, 0.25) is 0 Å². The van der Waals surface area contributed by atoms with Crippen molar-refractivity contribution in [2.24, 2.45) is 5.92 Å². The van der Waals surface area contributed by atoms with Crippen molar-refractivity contribution in [3.8, 4) is 0 Å². The van der Waals surface area contributed by atoms with Crippen LogP contribution in [0.25, 0.3) is 0 Å². The van der Waals surface area contributed by atoms with Crippen LogP contribution in [0.4, 0.5) is 18.0 Å². The number of alkyl halides is 3. The Labute approximate surface area is 120 Å². The van der Waals surface area contributed by atoms with Crippen LogP contribution in [0, 0.1) is 11.3 Å². The monoisotopic (exact) mass is 299 g/mol. The normalized spacial score (nSPS) is 19.3. The van der Waals surface area contributed by atoms with Gasteiger partial charge in [0, 0.05) is 6.54 Å². The van der Waals surface area contributed by atoms with E-state index in [1.807, 2.05) is 13.8 Å². The topological polar surface area (TPSA) is 56.2 Å². The number of amides is 2. The summed E-state index contributed by atoms with van der Waals surface area (Å²) in [6.07, 6.45) is -4.52. The first-order chi connectivity index (χ1) is 9.71. The fraction of sp³-hybridized carbons (Fsp3) is 0.429. The summed E-state index contributed by atoms with van der Waals surface area (Å²) in [4.78, 5) is 13.1. The van der Waals surface area contributed by atoms with Gasteiger partial charge in [-0.2, -0.15) is 13.2 Å². The highest BCUT2D eigenvalue weighted by Gasteiger charge is 2.42. The lowest BCUT2D eigenvalue weighted by atomic mass is 9.98. The van der Waals surface area contributed by atoms with Gasteiger partial charge in [-0.15, -0.1) is 0 Å². The van der Waals surface area contributed by atoms with Gasteiger partial charge >= 0.3 is 12.2 Å². The number of hydrogen-bond acceptors (Lipinski definition) is 2. The molecule has 1 fully saturated rings. The third-order valence-electron chi connectivity index (χ3n) is 3.21. The van der Waals surface area contributed by atoms with Gasteiger partial charge < -0.3 is 4.90 Å². The number of halogens is 3. The second-order valence-electron chi connectivity index (χ2n) is 5.38. The number of nitrogens with zero attached hydrogens (tertiary/aromatic N) is 1. The zero-order valence-electron chi connectivity index (χ0n) is 11.7. The number of amidine groups is 1. The van der Waals surface area contributed by atoms with Gasteiger partial charge in [0.05, 0.1) is 5.56 Å². The van der Waals surface area contributed by atoms with Crippen molar-refractivity contribution in [2.45, 2.75) is 26.1 Å². The van der Waals surface area contributed by atoms with E-state index in [-0.39, 0.29) is 23.9 Å². The van der Waals surface area contributed by atoms with E-state index in [0.29, 0.717) is 0 Å². The molecule has 0 radical (unpaired) electrons. The molecule has 114 valence electrons. The average molecular weight is 299 g/mol. The van der Waals surface area contributed by atoms with Crippen LogP contribution in [-0.2, 0) is 6.18 Å². The Bertz CT molecular complexity index is 569. The average Bonchev–Trinajstić information content (AvgIpc) is 2.62. The summed E-state index contributed by atoms with van der Waals surface area (Å²) in [5.74, 6) is -0.139. The Kier molecular flexibility index (Phi) is 3.93. The highest BCUT2D eigenvalue weighted by Crippen LogP contribution is 2.37. The van der Waals surface area contributed by atoms with Crippen LogP contribution in [0.1, 0.15) is 31.0 Å². The lowest BCUT2D eigenvalue weighted by Crippen LogP contribution is -2.33. The Morgan fingerprint density at radius 3 is 2.52 bits per heavy atom. The smallest absolute Gasteiger partial charge is 0.310 e. The minimum Gasteiger partial charge on any atom is -0.310 e.